The van der Waals surface area contributed by atoms with Crippen LogP contribution in [0.2, 0.25) is 0 Å². The van der Waals surface area contributed by atoms with Gasteiger partial charge in [0.05, 0.1) is 6.10 Å². The lowest BCUT2D eigenvalue weighted by molar-refractivity contribution is -0.108. The molecule has 2 fully saturated rings. The van der Waals surface area contributed by atoms with Gasteiger partial charge < -0.3 is 10.2 Å². The van der Waals surface area contributed by atoms with E-state index in [9.17, 15) is 5.11 Å². The molecule has 0 amide bonds. The number of aliphatic hydroxyl groups excluding tert-OH is 2. The van der Waals surface area contributed by atoms with Crippen LogP contribution in [0.25, 0.3) is 0 Å². The van der Waals surface area contributed by atoms with Crippen LogP contribution >= 0.6 is 0 Å². The zero-order chi connectivity index (χ0) is 11.4. The number of rotatable bonds is 3. The maximum atomic E-state index is 9.51. The summed E-state index contributed by atoms with van der Waals surface area (Å²) in [4.78, 5) is 0. The lowest BCUT2D eigenvalue weighted by Gasteiger charge is -2.45. The summed E-state index contributed by atoms with van der Waals surface area (Å²) in [6.45, 7) is 3.37. The van der Waals surface area contributed by atoms with Gasteiger partial charge in [-0.3, -0.25) is 0 Å². The molecule has 2 rings (SSSR count). The third-order valence-corrected chi connectivity index (χ3v) is 3.86. The number of aliphatic hydroxyl groups is 2. The standard InChI is InChI=1S/C12H24N2O2/c15-10-6-11-3-1-2-7-14(11)13-8-4-12(16)5-9-13/h11-12,15-16H,1-10H2. The number of hydrazine groups is 1. The van der Waals surface area contributed by atoms with Gasteiger partial charge >= 0.3 is 0 Å². The third-order valence-electron chi connectivity index (χ3n) is 3.86. The quantitative estimate of drug-likeness (QED) is 0.742. The van der Waals surface area contributed by atoms with Crippen LogP contribution in [0.4, 0.5) is 0 Å². The van der Waals surface area contributed by atoms with E-state index in [0.717, 1.165) is 38.9 Å². The summed E-state index contributed by atoms with van der Waals surface area (Å²) >= 11 is 0. The van der Waals surface area contributed by atoms with Crippen molar-refractivity contribution in [2.24, 2.45) is 0 Å². The minimum Gasteiger partial charge on any atom is -0.396 e. The molecule has 0 bridgehead atoms. The SMILES string of the molecule is OCCC1CCCCN1N1CCC(O)CC1. The van der Waals surface area contributed by atoms with Gasteiger partial charge in [0.2, 0.25) is 0 Å². The van der Waals surface area contributed by atoms with E-state index in [2.05, 4.69) is 10.0 Å². The van der Waals surface area contributed by atoms with E-state index in [1.165, 1.54) is 19.3 Å². The molecule has 0 aromatic heterocycles. The highest BCUT2D eigenvalue weighted by atomic mass is 16.3. The van der Waals surface area contributed by atoms with Crippen LogP contribution in [0.15, 0.2) is 0 Å². The van der Waals surface area contributed by atoms with Gasteiger partial charge in [0.15, 0.2) is 0 Å². The van der Waals surface area contributed by atoms with E-state index >= 15 is 0 Å². The summed E-state index contributed by atoms with van der Waals surface area (Å²) in [6, 6.07) is 0.522. The Morgan fingerprint density at radius 1 is 1.00 bits per heavy atom. The molecule has 0 spiro atoms. The second kappa shape index (κ2) is 5.96. The van der Waals surface area contributed by atoms with Crippen molar-refractivity contribution in [2.45, 2.75) is 50.7 Å². The van der Waals surface area contributed by atoms with Crippen LogP contribution < -0.4 is 0 Å². The minimum absolute atomic E-state index is 0.0997. The molecule has 0 saturated carbocycles. The monoisotopic (exact) mass is 228 g/mol. The first-order valence-electron chi connectivity index (χ1n) is 6.61. The maximum absolute atomic E-state index is 9.51. The van der Waals surface area contributed by atoms with Crippen molar-refractivity contribution in [3.63, 3.8) is 0 Å². The van der Waals surface area contributed by atoms with Crippen LogP contribution in [0.5, 0.6) is 0 Å². The highest BCUT2D eigenvalue weighted by Gasteiger charge is 2.29. The second-order valence-electron chi connectivity index (χ2n) is 5.01. The molecular formula is C12H24N2O2. The molecule has 0 aliphatic carbocycles. The zero-order valence-electron chi connectivity index (χ0n) is 10.0. The molecule has 2 aliphatic rings. The summed E-state index contributed by atoms with van der Waals surface area (Å²) in [5.74, 6) is 0. The van der Waals surface area contributed by atoms with E-state index in [0.29, 0.717) is 6.04 Å². The topological polar surface area (TPSA) is 46.9 Å². The Morgan fingerprint density at radius 3 is 2.44 bits per heavy atom. The summed E-state index contributed by atoms with van der Waals surface area (Å²) in [6.07, 6.45) is 6.33. The predicted octanol–water partition coefficient (Wildman–Crippen LogP) is 0.595. The smallest absolute Gasteiger partial charge is 0.0565 e. The summed E-state index contributed by atoms with van der Waals surface area (Å²) in [7, 11) is 0. The lowest BCUT2D eigenvalue weighted by atomic mass is 10.0. The largest absolute Gasteiger partial charge is 0.396 e. The van der Waals surface area contributed by atoms with Crippen LogP contribution in [0.3, 0.4) is 0 Å². The molecule has 0 aromatic carbocycles. The normalized spacial score (nSPS) is 30.8. The Labute approximate surface area is 97.8 Å². The summed E-state index contributed by atoms with van der Waals surface area (Å²) in [5, 5.41) is 23.4. The molecule has 1 unspecified atom stereocenters. The Bertz CT molecular complexity index is 203. The van der Waals surface area contributed by atoms with Crippen LogP contribution in [-0.4, -0.2) is 58.6 Å². The Hall–Kier alpha value is -0.160. The van der Waals surface area contributed by atoms with Crippen LogP contribution in [0.1, 0.15) is 38.5 Å². The molecule has 1 atom stereocenters. The molecule has 0 aromatic rings. The van der Waals surface area contributed by atoms with Gasteiger partial charge in [-0.2, -0.15) is 0 Å². The molecule has 0 radical (unpaired) electrons. The number of hydrogen-bond donors (Lipinski definition) is 2. The fourth-order valence-electron chi connectivity index (χ4n) is 2.91. The molecule has 2 N–H and O–H groups in total. The van der Waals surface area contributed by atoms with Gasteiger partial charge in [0.1, 0.15) is 0 Å². The molecule has 2 saturated heterocycles. The maximum Gasteiger partial charge on any atom is 0.0565 e. The van der Waals surface area contributed by atoms with Gasteiger partial charge in [-0.15, -0.1) is 0 Å². The molecule has 2 heterocycles. The number of hydrogen-bond acceptors (Lipinski definition) is 4. The molecule has 4 nitrogen and oxygen atoms in total. The molecule has 16 heavy (non-hydrogen) atoms. The highest BCUT2D eigenvalue weighted by molar-refractivity contribution is 4.78. The summed E-state index contributed by atoms with van der Waals surface area (Å²) in [5.41, 5.74) is 0. The molecule has 4 heteroatoms. The Kier molecular flexibility index (Phi) is 4.58. The Balaban J connectivity index is 1.89. The molecule has 94 valence electrons. The predicted molar refractivity (Wildman–Crippen MR) is 62.9 cm³/mol. The van der Waals surface area contributed by atoms with E-state index in [1.807, 2.05) is 0 Å². The van der Waals surface area contributed by atoms with Crippen molar-refractivity contribution in [3.05, 3.63) is 0 Å². The van der Waals surface area contributed by atoms with Crippen molar-refractivity contribution in [2.75, 3.05) is 26.2 Å². The lowest BCUT2D eigenvalue weighted by Crippen LogP contribution is -2.54. The summed E-state index contributed by atoms with van der Waals surface area (Å²) < 4.78 is 0. The number of nitrogens with zero attached hydrogens (tertiary/aromatic N) is 2. The van der Waals surface area contributed by atoms with E-state index in [4.69, 9.17) is 5.11 Å². The van der Waals surface area contributed by atoms with Gasteiger partial charge in [0, 0.05) is 32.3 Å². The van der Waals surface area contributed by atoms with Crippen LogP contribution in [-0.2, 0) is 0 Å². The average molecular weight is 228 g/mol. The fourth-order valence-corrected chi connectivity index (χ4v) is 2.91. The van der Waals surface area contributed by atoms with Gasteiger partial charge in [-0.05, 0) is 32.1 Å². The highest BCUT2D eigenvalue weighted by Crippen LogP contribution is 2.23. The molecule has 2 aliphatic heterocycles. The van der Waals surface area contributed by atoms with Crippen molar-refractivity contribution in [3.8, 4) is 0 Å². The van der Waals surface area contributed by atoms with E-state index in [1.54, 1.807) is 0 Å². The van der Waals surface area contributed by atoms with Gasteiger partial charge in [-0.1, -0.05) is 6.42 Å². The van der Waals surface area contributed by atoms with E-state index in [-0.39, 0.29) is 12.7 Å². The first-order chi connectivity index (χ1) is 7.81. The van der Waals surface area contributed by atoms with Gasteiger partial charge in [0.25, 0.3) is 0 Å². The first kappa shape index (κ1) is 12.3. The van der Waals surface area contributed by atoms with Crippen molar-refractivity contribution < 1.29 is 10.2 Å². The van der Waals surface area contributed by atoms with Crippen LogP contribution in [0, 0.1) is 0 Å². The Morgan fingerprint density at radius 2 is 1.75 bits per heavy atom. The number of piperidine rings is 2. The van der Waals surface area contributed by atoms with E-state index < -0.39 is 0 Å². The fraction of sp³-hybridized carbons (Fsp3) is 1.00. The van der Waals surface area contributed by atoms with Crippen molar-refractivity contribution in [1.29, 1.82) is 0 Å². The minimum atomic E-state index is -0.0997. The van der Waals surface area contributed by atoms with Crippen molar-refractivity contribution >= 4 is 0 Å². The third kappa shape index (κ3) is 2.94. The first-order valence-corrected chi connectivity index (χ1v) is 6.61. The molecular weight excluding hydrogens is 204 g/mol. The zero-order valence-corrected chi connectivity index (χ0v) is 10.0. The average Bonchev–Trinajstić information content (AvgIpc) is 2.32. The second-order valence-corrected chi connectivity index (χ2v) is 5.01. The van der Waals surface area contributed by atoms with Gasteiger partial charge in [-0.25, -0.2) is 10.0 Å². The van der Waals surface area contributed by atoms with Crippen molar-refractivity contribution in [1.82, 2.24) is 10.0 Å².